The molecule has 2 fully saturated rings. The quantitative estimate of drug-likeness (QED) is 0.822. The Morgan fingerprint density at radius 1 is 1.14 bits per heavy atom. The number of hydrogen-bond donors (Lipinski definition) is 2. The van der Waals surface area contributed by atoms with Gasteiger partial charge < -0.3 is 20.2 Å². The second-order valence-electron chi connectivity index (χ2n) is 6.23. The lowest BCUT2D eigenvalue weighted by Gasteiger charge is -2.37. The van der Waals surface area contributed by atoms with E-state index in [0.29, 0.717) is 13.1 Å². The minimum absolute atomic E-state index is 0.0177. The Balaban J connectivity index is 1.79. The van der Waals surface area contributed by atoms with Crippen molar-refractivity contribution in [2.24, 2.45) is 5.92 Å². The van der Waals surface area contributed by atoms with Gasteiger partial charge in [0.1, 0.15) is 6.04 Å². The van der Waals surface area contributed by atoms with Gasteiger partial charge in [-0.05, 0) is 44.7 Å². The lowest BCUT2D eigenvalue weighted by Crippen LogP contribution is -2.55. The molecule has 2 N–H and O–H groups in total. The van der Waals surface area contributed by atoms with Crippen molar-refractivity contribution in [3.8, 4) is 0 Å². The summed E-state index contributed by atoms with van der Waals surface area (Å²) in [5.74, 6) is -0.877. The molecule has 0 bridgehead atoms. The molecule has 0 aromatic carbocycles. The van der Waals surface area contributed by atoms with Crippen LogP contribution in [0, 0.1) is 5.92 Å². The fraction of sp³-hybridized carbons (Fsp3) is 0.867. The molecule has 0 radical (unpaired) electrons. The maximum absolute atomic E-state index is 12.2. The van der Waals surface area contributed by atoms with Crippen molar-refractivity contribution in [1.82, 2.24) is 15.1 Å². The maximum Gasteiger partial charge on any atom is 0.326 e. The van der Waals surface area contributed by atoms with Crippen LogP contribution >= 0.6 is 0 Å². The monoisotopic (exact) mass is 297 g/mol. The van der Waals surface area contributed by atoms with Crippen LogP contribution in [0.15, 0.2) is 0 Å². The van der Waals surface area contributed by atoms with Gasteiger partial charge in [-0.15, -0.1) is 0 Å². The highest BCUT2D eigenvalue weighted by molar-refractivity contribution is 5.83. The third kappa shape index (κ3) is 4.33. The van der Waals surface area contributed by atoms with Gasteiger partial charge in [0.2, 0.25) is 0 Å². The van der Waals surface area contributed by atoms with Gasteiger partial charge >= 0.3 is 12.0 Å². The number of amides is 2. The number of carbonyl (C=O) groups is 2. The van der Waals surface area contributed by atoms with Crippen molar-refractivity contribution in [3.63, 3.8) is 0 Å². The van der Waals surface area contributed by atoms with E-state index in [1.807, 2.05) is 6.92 Å². The largest absolute Gasteiger partial charge is 0.480 e. The van der Waals surface area contributed by atoms with E-state index < -0.39 is 12.0 Å². The van der Waals surface area contributed by atoms with Crippen molar-refractivity contribution in [2.45, 2.75) is 45.1 Å². The first-order valence-corrected chi connectivity index (χ1v) is 8.09. The van der Waals surface area contributed by atoms with Crippen LogP contribution in [0.5, 0.6) is 0 Å². The number of carboxylic acid groups (broad SMARTS) is 1. The zero-order valence-electron chi connectivity index (χ0n) is 12.9. The van der Waals surface area contributed by atoms with Gasteiger partial charge in [0, 0.05) is 19.6 Å². The summed E-state index contributed by atoms with van der Waals surface area (Å²) < 4.78 is 0. The maximum atomic E-state index is 12.2. The van der Waals surface area contributed by atoms with Gasteiger partial charge in [0.05, 0.1) is 0 Å². The molecule has 120 valence electrons. The number of carbonyl (C=O) groups excluding carboxylic acids is 1. The zero-order chi connectivity index (χ0) is 15.2. The molecular formula is C15H27N3O3. The highest BCUT2D eigenvalue weighted by atomic mass is 16.4. The summed E-state index contributed by atoms with van der Waals surface area (Å²) in [5, 5.41) is 12.2. The molecule has 2 unspecified atom stereocenters. The molecule has 2 amide bonds. The van der Waals surface area contributed by atoms with Crippen LogP contribution in [0.25, 0.3) is 0 Å². The Morgan fingerprint density at radius 2 is 1.86 bits per heavy atom. The molecule has 6 heteroatoms. The van der Waals surface area contributed by atoms with E-state index in [-0.39, 0.29) is 11.9 Å². The van der Waals surface area contributed by atoms with Crippen LogP contribution in [0.4, 0.5) is 4.79 Å². The van der Waals surface area contributed by atoms with Gasteiger partial charge in [-0.25, -0.2) is 9.59 Å². The number of nitrogens with one attached hydrogen (secondary N) is 1. The van der Waals surface area contributed by atoms with Crippen LogP contribution in [0.1, 0.15) is 39.0 Å². The molecule has 0 aromatic heterocycles. The molecule has 0 saturated carbocycles. The normalized spacial score (nSPS) is 27.4. The number of hydrogen-bond acceptors (Lipinski definition) is 3. The summed E-state index contributed by atoms with van der Waals surface area (Å²) in [5.41, 5.74) is 0. The molecular weight excluding hydrogens is 270 g/mol. The number of carboxylic acids is 1. The molecule has 2 aliphatic heterocycles. The molecule has 6 nitrogen and oxygen atoms in total. The van der Waals surface area contributed by atoms with Crippen LogP contribution < -0.4 is 5.32 Å². The lowest BCUT2D eigenvalue weighted by molar-refractivity contribution is -0.145. The standard InChI is InChI=1S/C15H27N3O3/c1-12-6-5-10-18(13(12)14(19)20)15(21)16-7-11-17-8-3-2-4-9-17/h12-13H,2-11H2,1H3,(H,16,21)(H,19,20). The number of rotatable bonds is 4. The zero-order valence-corrected chi connectivity index (χ0v) is 12.9. The van der Waals surface area contributed by atoms with Crippen molar-refractivity contribution < 1.29 is 14.7 Å². The Bertz CT molecular complexity index is 369. The summed E-state index contributed by atoms with van der Waals surface area (Å²) in [6.07, 6.45) is 5.52. The fourth-order valence-electron chi connectivity index (χ4n) is 3.40. The average Bonchev–Trinajstić information content (AvgIpc) is 2.47. The van der Waals surface area contributed by atoms with E-state index in [4.69, 9.17) is 0 Å². The molecule has 0 spiro atoms. The molecule has 0 aromatic rings. The molecule has 0 aliphatic carbocycles. The number of piperidine rings is 2. The molecule has 2 atom stereocenters. The average molecular weight is 297 g/mol. The Hall–Kier alpha value is -1.30. The first kappa shape index (κ1) is 16.1. The summed E-state index contributed by atoms with van der Waals surface area (Å²) in [4.78, 5) is 27.5. The van der Waals surface area contributed by atoms with Crippen molar-refractivity contribution in [2.75, 3.05) is 32.7 Å². The third-order valence-electron chi connectivity index (χ3n) is 4.60. The lowest BCUT2D eigenvalue weighted by atomic mass is 9.91. The van der Waals surface area contributed by atoms with E-state index in [0.717, 1.165) is 32.5 Å². The minimum Gasteiger partial charge on any atom is -0.480 e. The van der Waals surface area contributed by atoms with Gasteiger partial charge in [-0.1, -0.05) is 13.3 Å². The molecule has 2 rings (SSSR count). The third-order valence-corrected chi connectivity index (χ3v) is 4.60. The molecule has 2 saturated heterocycles. The summed E-state index contributed by atoms with van der Waals surface area (Å²) in [6, 6.07) is -0.917. The van der Waals surface area contributed by atoms with E-state index >= 15 is 0 Å². The van der Waals surface area contributed by atoms with Crippen molar-refractivity contribution in [3.05, 3.63) is 0 Å². The first-order valence-electron chi connectivity index (χ1n) is 8.09. The van der Waals surface area contributed by atoms with Gasteiger partial charge in [-0.3, -0.25) is 0 Å². The molecule has 21 heavy (non-hydrogen) atoms. The highest BCUT2D eigenvalue weighted by Crippen LogP contribution is 2.23. The smallest absolute Gasteiger partial charge is 0.326 e. The highest BCUT2D eigenvalue weighted by Gasteiger charge is 2.36. The molecule has 2 heterocycles. The Kier molecular flexibility index (Phi) is 5.85. The Morgan fingerprint density at radius 3 is 2.52 bits per heavy atom. The Labute approximate surface area is 126 Å². The van der Waals surface area contributed by atoms with E-state index in [2.05, 4.69) is 10.2 Å². The van der Waals surface area contributed by atoms with E-state index in [1.54, 1.807) is 0 Å². The van der Waals surface area contributed by atoms with Crippen LogP contribution in [0.2, 0.25) is 0 Å². The predicted octanol–water partition coefficient (Wildman–Crippen LogP) is 1.37. The fourth-order valence-corrected chi connectivity index (χ4v) is 3.40. The molecule has 2 aliphatic rings. The second kappa shape index (κ2) is 7.64. The van der Waals surface area contributed by atoms with Gasteiger partial charge in [0.15, 0.2) is 0 Å². The topological polar surface area (TPSA) is 72.9 Å². The minimum atomic E-state index is -0.895. The number of urea groups is 1. The number of aliphatic carboxylic acids is 1. The van der Waals surface area contributed by atoms with Crippen molar-refractivity contribution >= 4 is 12.0 Å². The van der Waals surface area contributed by atoms with Crippen molar-refractivity contribution in [1.29, 1.82) is 0 Å². The summed E-state index contributed by atoms with van der Waals surface area (Å²) in [7, 11) is 0. The predicted molar refractivity (Wildman–Crippen MR) is 80.2 cm³/mol. The van der Waals surface area contributed by atoms with Gasteiger partial charge in [-0.2, -0.15) is 0 Å². The van der Waals surface area contributed by atoms with Crippen LogP contribution in [-0.2, 0) is 4.79 Å². The van der Waals surface area contributed by atoms with Crippen LogP contribution in [0.3, 0.4) is 0 Å². The second-order valence-corrected chi connectivity index (χ2v) is 6.23. The first-order chi connectivity index (χ1) is 10.1. The van der Waals surface area contributed by atoms with Crippen LogP contribution in [-0.4, -0.2) is 65.7 Å². The van der Waals surface area contributed by atoms with E-state index in [1.165, 1.54) is 24.2 Å². The van der Waals surface area contributed by atoms with Gasteiger partial charge in [0.25, 0.3) is 0 Å². The SMILES string of the molecule is CC1CCCN(C(=O)NCCN2CCCCC2)C1C(=O)O. The summed E-state index contributed by atoms with van der Waals surface area (Å²) >= 11 is 0. The van der Waals surface area contributed by atoms with E-state index in [9.17, 15) is 14.7 Å². The summed E-state index contributed by atoms with van der Waals surface area (Å²) in [6.45, 7) is 6.11. The number of likely N-dealkylation sites (tertiary alicyclic amines) is 2. The number of nitrogens with zero attached hydrogens (tertiary/aromatic N) is 2.